The third-order valence-electron chi connectivity index (χ3n) is 4.99. The van der Waals surface area contributed by atoms with E-state index < -0.39 is 17.6 Å². The maximum Gasteiger partial charge on any atom is 0.416 e. The highest BCUT2D eigenvalue weighted by Crippen LogP contribution is 2.33. The van der Waals surface area contributed by atoms with Crippen LogP contribution in [-0.2, 0) is 11.0 Å². The molecule has 0 bridgehead atoms. The normalized spacial score (nSPS) is 16.3. The maximum absolute atomic E-state index is 12.6. The first-order chi connectivity index (χ1) is 15.2. The fraction of sp³-hybridized carbons (Fsp3) is 0.238. The molecule has 1 saturated heterocycles. The van der Waals surface area contributed by atoms with Crippen molar-refractivity contribution in [1.82, 2.24) is 10.2 Å². The highest BCUT2D eigenvalue weighted by Gasteiger charge is 2.35. The molecular weight excluding hydrogens is 429 g/mol. The predicted octanol–water partition coefficient (Wildman–Crippen LogP) is 3.87. The number of hydrogen-bond acceptors (Lipinski definition) is 6. The molecule has 3 aromatic rings. The molecule has 1 N–H and O–H groups in total. The molecule has 4 rings (SSSR count). The molecule has 8 nitrogen and oxygen atoms in total. The van der Waals surface area contributed by atoms with Crippen molar-refractivity contribution in [1.29, 1.82) is 0 Å². The van der Waals surface area contributed by atoms with E-state index in [0.29, 0.717) is 18.0 Å². The number of carbonyl (C=O) groups excluding carboxylic acids is 2. The van der Waals surface area contributed by atoms with Gasteiger partial charge in [-0.3, -0.25) is 14.9 Å². The van der Waals surface area contributed by atoms with Gasteiger partial charge in [0.2, 0.25) is 11.8 Å². The van der Waals surface area contributed by atoms with Crippen LogP contribution in [0, 0.1) is 0 Å². The van der Waals surface area contributed by atoms with Gasteiger partial charge in [0.1, 0.15) is 5.75 Å². The third-order valence-corrected chi connectivity index (χ3v) is 4.99. The molecule has 0 unspecified atom stereocenters. The standard InChI is InChI=1S/C21H17F3N4O4/c1-31-16-8-6-15(7-9-16)28-11-13(10-17(28)29)19-26-27-20(32-19)25-18(30)12-2-4-14(5-3-12)21(22,23)24/h2-9,13H,10-11H2,1H3,(H,25,27,30)/t13-/m0/s1. The van der Waals surface area contributed by atoms with Crippen LogP contribution >= 0.6 is 0 Å². The van der Waals surface area contributed by atoms with E-state index in [1.807, 2.05) is 0 Å². The van der Waals surface area contributed by atoms with Gasteiger partial charge >= 0.3 is 12.2 Å². The number of nitrogens with one attached hydrogen (secondary N) is 1. The number of methoxy groups -OCH3 is 1. The quantitative estimate of drug-likeness (QED) is 0.639. The Balaban J connectivity index is 1.41. The molecule has 2 amide bonds. The van der Waals surface area contributed by atoms with Gasteiger partial charge in [0.15, 0.2) is 0 Å². The lowest BCUT2D eigenvalue weighted by molar-refractivity contribution is -0.137. The number of halogens is 3. The lowest BCUT2D eigenvalue weighted by Gasteiger charge is -2.16. The topological polar surface area (TPSA) is 97.6 Å². The summed E-state index contributed by atoms with van der Waals surface area (Å²) in [6.45, 7) is 0.319. The van der Waals surface area contributed by atoms with Crippen molar-refractivity contribution in [3.8, 4) is 5.75 Å². The minimum Gasteiger partial charge on any atom is -0.497 e. The Morgan fingerprint density at radius 3 is 2.44 bits per heavy atom. The van der Waals surface area contributed by atoms with Crippen LogP contribution in [0.2, 0.25) is 0 Å². The summed E-state index contributed by atoms with van der Waals surface area (Å²) in [5.41, 5.74) is -0.158. The highest BCUT2D eigenvalue weighted by molar-refractivity contribution is 6.03. The summed E-state index contributed by atoms with van der Waals surface area (Å²) in [5.74, 6) is -0.335. The maximum atomic E-state index is 12.6. The van der Waals surface area contributed by atoms with Gasteiger partial charge in [0.05, 0.1) is 18.6 Å². The Morgan fingerprint density at radius 1 is 1.12 bits per heavy atom. The first-order valence-electron chi connectivity index (χ1n) is 9.51. The average Bonchev–Trinajstić information content (AvgIpc) is 3.40. The molecule has 1 aliphatic heterocycles. The molecule has 0 radical (unpaired) electrons. The SMILES string of the molecule is COc1ccc(N2C[C@@H](c3nnc(NC(=O)c4ccc(C(F)(F)F)cc4)o3)CC2=O)cc1. The number of anilines is 2. The summed E-state index contributed by atoms with van der Waals surface area (Å²) < 4.78 is 48.5. The number of rotatable bonds is 5. The van der Waals surface area contributed by atoms with Gasteiger partial charge in [0.25, 0.3) is 5.91 Å². The van der Waals surface area contributed by atoms with E-state index in [1.165, 1.54) is 0 Å². The van der Waals surface area contributed by atoms with Crippen LogP contribution in [0.4, 0.5) is 24.9 Å². The number of benzene rings is 2. The molecule has 32 heavy (non-hydrogen) atoms. The average molecular weight is 446 g/mol. The van der Waals surface area contributed by atoms with E-state index >= 15 is 0 Å². The van der Waals surface area contributed by atoms with Gasteiger partial charge < -0.3 is 14.1 Å². The van der Waals surface area contributed by atoms with Crippen molar-refractivity contribution >= 4 is 23.5 Å². The molecule has 0 spiro atoms. The third kappa shape index (κ3) is 4.41. The molecule has 166 valence electrons. The molecule has 0 aliphatic carbocycles. The van der Waals surface area contributed by atoms with Crippen LogP contribution < -0.4 is 15.0 Å². The second-order valence-electron chi connectivity index (χ2n) is 7.08. The van der Waals surface area contributed by atoms with Crippen LogP contribution in [0.15, 0.2) is 52.9 Å². The molecular formula is C21H17F3N4O4. The van der Waals surface area contributed by atoms with E-state index in [4.69, 9.17) is 9.15 Å². The number of amides is 2. The molecule has 1 atom stereocenters. The largest absolute Gasteiger partial charge is 0.497 e. The number of nitrogens with zero attached hydrogens (tertiary/aromatic N) is 3. The summed E-state index contributed by atoms with van der Waals surface area (Å²) in [5, 5.41) is 10.0. The van der Waals surface area contributed by atoms with Crippen LogP contribution in [0.1, 0.15) is 34.2 Å². The van der Waals surface area contributed by atoms with Crippen LogP contribution in [0.25, 0.3) is 0 Å². The summed E-state index contributed by atoms with van der Waals surface area (Å²) in [7, 11) is 1.55. The van der Waals surface area contributed by atoms with E-state index in [2.05, 4.69) is 15.5 Å². The van der Waals surface area contributed by atoms with Crippen molar-refractivity contribution < 1.29 is 31.9 Å². The van der Waals surface area contributed by atoms with E-state index in [1.54, 1.807) is 36.3 Å². The van der Waals surface area contributed by atoms with E-state index in [0.717, 1.165) is 24.3 Å². The molecule has 1 aromatic heterocycles. The Labute approximate surface area is 180 Å². The second kappa shape index (κ2) is 8.33. The second-order valence-corrected chi connectivity index (χ2v) is 7.08. The zero-order valence-electron chi connectivity index (χ0n) is 16.7. The molecule has 2 heterocycles. The Morgan fingerprint density at radius 2 is 1.81 bits per heavy atom. The van der Waals surface area contributed by atoms with Gasteiger partial charge in [0, 0.05) is 24.2 Å². The van der Waals surface area contributed by atoms with Gasteiger partial charge in [-0.1, -0.05) is 5.10 Å². The number of aromatic nitrogens is 2. The zero-order valence-corrected chi connectivity index (χ0v) is 16.7. The van der Waals surface area contributed by atoms with Crippen LogP contribution in [-0.4, -0.2) is 35.7 Å². The van der Waals surface area contributed by atoms with Crippen LogP contribution in [0.5, 0.6) is 5.75 Å². The summed E-state index contributed by atoms with van der Waals surface area (Å²) >= 11 is 0. The number of hydrogen-bond donors (Lipinski definition) is 1. The lowest BCUT2D eigenvalue weighted by atomic mass is 10.1. The zero-order chi connectivity index (χ0) is 22.9. The smallest absolute Gasteiger partial charge is 0.416 e. The minimum absolute atomic E-state index is 0.000486. The van der Waals surface area contributed by atoms with Crippen molar-refractivity contribution in [2.45, 2.75) is 18.5 Å². The van der Waals surface area contributed by atoms with Gasteiger partial charge in [-0.05, 0) is 48.5 Å². The Kier molecular flexibility index (Phi) is 5.56. The molecule has 11 heteroatoms. The summed E-state index contributed by atoms with van der Waals surface area (Å²) in [6.07, 6.45) is -4.34. The summed E-state index contributed by atoms with van der Waals surface area (Å²) in [6, 6.07) is 10.5. The van der Waals surface area contributed by atoms with Gasteiger partial charge in [-0.15, -0.1) is 5.10 Å². The monoisotopic (exact) mass is 446 g/mol. The van der Waals surface area contributed by atoms with E-state index in [-0.39, 0.29) is 35.7 Å². The van der Waals surface area contributed by atoms with Gasteiger partial charge in [-0.25, -0.2) is 0 Å². The molecule has 1 fully saturated rings. The van der Waals surface area contributed by atoms with Crippen molar-refractivity contribution in [3.05, 3.63) is 65.5 Å². The van der Waals surface area contributed by atoms with Gasteiger partial charge in [-0.2, -0.15) is 13.2 Å². The first-order valence-corrected chi connectivity index (χ1v) is 9.51. The Hall–Kier alpha value is -3.89. The predicted molar refractivity (Wildman–Crippen MR) is 106 cm³/mol. The highest BCUT2D eigenvalue weighted by atomic mass is 19.4. The minimum atomic E-state index is -4.49. The van der Waals surface area contributed by atoms with Crippen molar-refractivity contribution in [2.24, 2.45) is 0 Å². The summed E-state index contributed by atoms with van der Waals surface area (Å²) in [4.78, 5) is 26.3. The first kappa shape index (κ1) is 21.3. The number of carbonyl (C=O) groups is 2. The molecule has 0 saturated carbocycles. The molecule has 1 aliphatic rings. The molecule has 2 aromatic carbocycles. The fourth-order valence-electron chi connectivity index (χ4n) is 3.31. The lowest BCUT2D eigenvalue weighted by Crippen LogP contribution is -2.24. The number of alkyl halides is 3. The Bertz CT molecular complexity index is 1130. The number of ether oxygens (including phenoxy) is 1. The van der Waals surface area contributed by atoms with Crippen molar-refractivity contribution in [3.63, 3.8) is 0 Å². The van der Waals surface area contributed by atoms with E-state index in [9.17, 15) is 22.8 Å². The van der Waals surface area contributed by atoms with Crippen molar-refractivity contribution in [2.75, 3.05) is 23.9 Å². The van der Waals surface area contributed by atoms with Crippen LogP contribution in [0.3, 0.4) is 0 Å². The fourth-order valence-corrected chi connectivity index (χ4v) is 3.31.